The van der Waals surface area contributed by atoms with E-state index in [1.54, 1.807) is 0 Å². The molecule has 1 aromatic heterocycles. The lowest BCUT2D eigenvalue weighted by Gasteiger charge is -2.30. The molecule has 0 unspecified atom stereocenters. The number of rotatable bonds is 10. The van der Waals surface area contributed by atoms with Crippen molar-refractivity contribution >= 4 is 59.5 Å². The van der Waals surface area contributed by atoms with Gasteiger partial charge in [-0.3, -0.25) is 4.72 Å². The molecule has 5 nitrogen and oxygen atoms in total. The van der Waals surface area contributed by atoms with E-state index < -0.39 is 0 Å². The highest BCUT2D eigenvalue weighted by atomic mass is 32.2. The SMILES string of the molecule is C1CCCC(SNc2nc(SC3CCCCCCC3)nc(N(SC3CCCCCCC3)SC3CCCCCCC3)n2)CCC1. The molecule has 0 bridgehead atoms. The van der Waals surface area contributed by atoms with Gasteiger partial charge in [-0.2, -0.15) is 15.0 Å². The van der Waals surface area contributed by atoms with Crippen molar-refractivity contribution in [1.29, 1.82) is 0 Å². The summed E-state index contributed by atoms with van der Waals surface area (Å²) in [6.45, 7) is 0. The van der Waals surface area contributed by atoms with E-state index >= 15 is 0 Å². The van der Waals surface area contributed by atoms with Gasteiger partial charge < -0.3 is 0 Å². The van der Waals surface area contributed by atoms with E-state index in [4.69, 9.17) is 15.0 Å². The van der Waals surface area contributed by atoms with Crippen molar-refractivity contribution in [3.8, 4) is 0 Å². The molecule has 1 aromatic rings. The van der Waals surface area contributed by atoms with Crippen molar-refractivity contribution in [3.63, 3.8) is 0 Å². The summed E-state index contributed by atoms with van der Waals surface area (Å²) in [5, 5.41) is 3.55. The molecule has 1 N–H and O–H groups in total. The predicted octanol–water partition coefficient (Wildman–Crippen LogP) is 12.6. The van der Waals surface area contributed by atoms with E-state index in [1.807, 2.05) is 23.7 Å². The first-order valence-electron chi connectivity index (χ1n) is 18.8. The Balaban J connectivity index is 1.37. The molecule has 0 spiro atoms. The Morgan fingerprint density at radius 2 is 0.818 bits per heavy atom. The maximum Gasteiger partial charge on any atom is 0.252 e. The maximum atomic E-state index is 5.29. The second kappa shape index (κ2) is 21.1. The van der Waals surface area contributed by atoms with Crippen molar-refractivity contribution in [2.45, 2.75) is 206 Å². The standard InChI is InChI=1S/C35H61N5S4/c1-5-13-21-29(22-14-6-1)41-35-37-33(39-42-30-23-15-7-2-8-16-24-30)36-34(38-35)40(43-31-25-17-9-3-10-18-26-31)44-32-27-19-11-4-12-20-28-32/h29-32H,1-28H2,(H,36,37,38,39). The van der Waals surface area contributed by atoms with E-state index in [-0.39, 0.29) is 0 Å². The first-order chi connectivity index (χ1) is 21.8. The predicted molar refractivity (Wildman–Crippen MR) is 199 cm³/mol. The zero-order valence-corrected chi connectivity index (χ0v) is 30.8. The molecule has 0 aromatic carbocycles. The average molecular weight is 680 g/mol. The Labute approximate surface area is 287 Å². The Bertz CT molecular complexity index is 867. The fourth-order valence-electron chi connectivity index (χ4n) is 7.32. The number of anilines is 2. The van der Waals surface area contributed by atoms with Crippen molar-refractivity contribution < 1.29 is 0 Å². The molecule has 0 aliphatic heterocycles. The molecular formula is C35H61N5S4. The van der Waals surface area contributed by atoms with Crippen molar-refractivity contribution in [2.75, 3.05) is 8.43 Å². The summed E-state index contributed by atoms with van der Waals surface area (Å²) in [5.41, 5.74) is 0. The number of nitrogens with one attached hydrogen (secondary N) is 1. The van der Waals surface area contributed by atoms with Crippen molar-refractivity contribution in [1.82, 2.24) is 15.0 Å². The van der Waals surface area contributed by atoms with E-state index in [0.29, 0.717) is 21.0 Å². The van der Waals surface area contributed by atoms with Crippen LogP contribution < -0.4 is 8.43 Å². The minimum Gasteiger partial charge on any atom is -0.298 e. The number of hydrogen-bond acceptors (Lipinski definition) is 9. The highest BCUT2D eigenvalue weighted by Crippen LogP contribution is 2.42. The molecule has 0 saturated heterocycles. The van der Waals surface area contributed by atoms with Crippen molar-refractivity contribution in [2.24, 2.45) is 0 Å². The largest absolute Gasteiger partial charge is 0.298 e. The van der Waals surface area contributed by atoms with Crippen LogP contribution in [0.3, 0.4) is 0 Å². The molecule has 5 rings (SSSR count). The third-order valence-electron chi connectivity index (χ3n) is 10.1. The van der Waals surface area contributed by atoms with E-state index in [1.165, 1.54) is 180 Å². The molecule has 0 atom stereocenters. The van der Waals surface area contributed by atoms with Gasteiger partial charge in [0.05, 0.1) is 0 Å². The number of hydrogen-bond donors (Lipinski definition) is 1. The molecule has 4 aliphatic rings. The molecule has 4 saturated carbocycles. The highest BCUT2D eigenvalue weighted by molar-refractivity contribution is 8.18. The van der Waals surface area contributed by atoms with Gasteiger partial charge in [0, 0.05) is 21.0 Å². The lowest BCUT2D eigenvalue weighted by atomic mass is 10.0. The Kier molecular flexibility index (Phi) is 16.9. The second-order valence-corrected chi connectivity index (χ2v) is 19.0. The molecule has 44 heavy (non-hydrogen) atoms. The monoisotopic (exact) mass is 679 g/mol. The van der Waals surface area contributed by atoms with Gasteiger partial charge in [-0.25, -0.2) is 3.71 Å². The molecule has 250 valence electrons. The summed E-state index contributed by atoms with van der Waals surface area (Å²) >= 11 is 7.97. The second-order valence-electron chi connectivity index (χ2n) is 13.9. The fraction of sp³-hybridized carbons (Fsp3) is 0.914. The molecule has 4 aliphatic carbocycles. The summed E-state index contributed by atoms with van der Waals surface area (Å²) in [5.74, 6) is 1.69. The summed E-state index contributed by atoms with van der Waals surface area (Å²) in [4.78, 5) is 15.6. The lowest BCUT2D eigenvalue weighted by molar-refractivity contribution is 0.511. The van der Waals surface area contributed by atoms with Gasteiger partial charge in [0.2, 0.25) is 5.95 Å². The average Bonchev–Trinajstić information content (AvgIpc) is 2.96. The molecule has 0 radical (unpaired) electrons. The van der Waals surface area contributed by atoms with E-state index in [2.05, 4.69) is 32.3 Å². The molecule has 4 fully saturated rings. The van der Waals surface area contributed by atoms with Gasteiger partial charge in [-0.15, -0.1) is 0 Å². The van der Waals surface area contributed by atoms with Crippen LogP contribution in [0.4, 0.5) is 11.9 Å². The molecule has 9 heteroatoms. The number of nitrogens with zero attached hydrogens (tertiary/aromatic N) is 4. The highest BCUT2D eigenvalue weighted by Gasteiger charge is 2.26. The van der Waals surface area contributed by atoms with Crippen LogP contribution in [0.25, 0.3) is 0 Å². The van der Waals surface area contributed by atoms with Gasteiger partial charge in [0.1, 0.15) is 0 Å². The Morgan fingerprint density at radius 3 is 1.27 bits per heavy atom. The number of aromatic nitrogens is 3. The van der Waals surface area contributed by atoms with Crippen LogP contribution in [0, 0.1) is 0 Å². The van der Waals surface area contributed by atoms with Gasteiger partial charge in [-0.05, 0) is 87.2 Å². The van der Waals surface area contributed by atoms with Gasteiger partial charge in [0.25, 0.3) is 5.95 Å². The van der Waals surface area contributed by atoms with Crippen molar-refractivity contribution in [3.05, 3.63) is 0 Å². The van der Waals surface area contributed by atoms with E-state index in [0.717, 1.165) is 17.1 Å². The first-order valence-corrected chi connectivity index (χ1v) is 22.2. The zero-order chi connectivity index (χ0) is 30.1. The van der Waals surface area contributed by atoms with Gasteiger partial charge in [0.15, 0.2) is 5.16 Å². The Hall–Kier alpha value is 0.01000. The van der Waals surface area contributed by atoms with Crippen LogP contribution in [0.5, 0.6) is 0 Å². The third-order valence-corrected chi connectivity index (χ3v) is 15.1. The van der Waals surface area contributed by atoms with Crippen LogP contribution in [-0.4, -0.2) is 36.0 Å². The third kappa shape index (κ3) is 13.3. The fourth-order valence-corrected chi connectivity index (χ4v) is 12.3. The summed E-state index contributed by atoms with van der Waals surface area (Å²) in [7, 11) is 0. The number of thioether (sulfide) groups is 1. The van der Waals surface area contributed by atoms with Crippen LogP contribution in [0.2, 0.25) is 0 Å². The van der Waals surface area contributed by atoms with E-state index in [9.17, 15) is 0 Å². The topological polar surface area (TPSA) is 53.9 Å². The molecule has 0 amide bonds. The maximum absolute atomic E-state index is 5.29. The van der Waals surface area contributed by atoms with Crippen LogP contribution in [0.15, 0.2) is 5.16 Å². The summed E-state index contributed by atoms with van der Waals surface area (Å²) in [6, 6.07) is 0. The zero-order valence-electron chi connectivity index (χ0n) is 27.5. The Morgan fingerprint density at radius 1 is 0.432 bits per heavy atom. The molecular weight excluding hydrogens is 619 g/mol. The van der Waals surface area contributed by atoms with Gasteiger partial charge >= 0.3 is 0 Å². The lowest BCUT2D eigenvalue weighted by Crippen LogP contribution is -2.21. The van der Waals surface area contributed by atoms with Crippen LogP contribution >= 0.6 is 47.6 Å². The van der Waals surface area contributed by atoms with Crippen LogP contribution in [-0.2, 0) is 0 Å². The quantitative estimate of drug-likeness (QED) is 0.243. The minimum absolute atomic E-state index is 0.627. The minimum atomic E-state index is 0.627. The first kappa shape index (κ1) is 35.3. The normalized spacial score (nSPS) is 23.6. The molecule has 1 heterocycles. The summed E-state index contributed by atoms with van der Waals surface area (Å²) in [6.07, 6.45) is 38.1. The van der Waals surface area contributed by atoms with Gasteiger partial charge in [-0.1, -0.05) is 140 Å². The summed E-state index contributed by atoms with van der Waals surface area (Å²) < 4.78 is 6.19. The van der Waals surface area contributed by atoms with Crippen LogP contribution in [0.1, 0.15) is 180 Å². The smallest absolute Gasteiger partial charge is 0.252 e.